The largest absolute Gasteiger partial charge is 0.389 e. The second-order valence-electron chi connectivity index (χ2n) is 7.78. The van der Waals surface area contributed by atoms with Gasteiger partial charge in [0.2, 0.25) is 0 Å². The molecule has 3 nitrogen and oxygen atoms in total. The predicted molar refractivity (Wildman–Crippen MR) is 112 cm³/mol. The van der Waals surface area contributed by atoms with Crippen molar-refractivity contribution in [3.8, 4) is 0 Å². The van der Waals surface area contributed by atoms with E-state index in [9.17, 15) is 5.11 Å². The monoisotopic (exact) mass is 363 g/mol. The van der Waals surface area contributed by atoms with Gasteiger partial charge in [0.25, 0.3) is 0 Å². The van der Waals surface area contributed by atoms with Gasteiger partial charge in [0.15, 0.2) is 0 Å². The number of hydrogen-bond acceptors (Lipinski definition) is 3. The predicted octanol–water partition coefficient (Wildman–Crippen LogP) is 4.33. The van der Waals surface area contributed by atoms with Crippen molar-refractivity contribution in [3.63, 3.8) is 0 Å². The smallest absolute Gasteiger partial charge is 0.0898 e. The Balaban J connectivity index is 1.45. The molecule has 142 valence electrons. The van der Waals surface area contributed by atoms with Gasteiger partial charge in [-0.25, -0.2) is 0 Å². The number of aliphatic hydroxyl groups is 1. The molecule has 0 saturated heterocycles. The van der Waals surface area contributed by atoms with E-state index in [0.717, 1.165) is 12.0 Å². The second-order valence-corrected chi connectivity index (χ2v) is 7.78. The molecule has 3 aromatic rings. The van der Waals surface area contributed by atoms with E-state index in [2.05, 4.69) is 61.6 Å². The summed E-state index contributed by atoms with van der Waals surface area (Å²) in [6.07, 6.45) is 0.375. The molecule has 0 aliphatic heterocycles. The summed E-state index contributed by atoms with van der Waals surface area (Å²) >= 11 is 0. The normalized spacial score (nSPS) is 13.0. The van der Waals surface area contributed by atoms with E-state index in [1.807, 2.05) is 30.3 Å². The maximum Gasteiger partial charge on any atom is 0.0898 e. The quantitative estimate of drug-likeness (QED) is 0.595. The number of nitrogens with one attached hydrogen (secondary N) is 1. The van der Waals surface area contributed by atoms with Gasteiger partial charge in [0, 0.05) is 12.1 Å². The summed E-state index contributed by atoms with van der Waals surface area (Å²) in [7, 11) is 0. The van der Waals surface area contributed by atoms with Crippen LogP contribution in [0, 0.1) is 0 Å². The number of β-amino-alcohol motifs (C(OH)–C–C–N with tert-alkyl or cyclic N) is 1. The Morgan fingerprint density at radius 1 is 0.889 bits per heavy atom. The highest BCUT2D eigenvalue weighted by Gasteiger charge is 2.19. The molecule has 0 heterocycles. The number of hydrogen-bond donors (Lipinski definition) is 2. The Hall–Kier alpha value is -2.20. The third-order valence-corrected chi connectivity index (χ3v) is 4.70. The van der Waals surface area contributed by atoms with Gasteiger partial charge in [-0.15, -0.1) is 0 Å². The van der Waals surface area contributed by atoms with E-state index >= 15 is 0 Å². The van der Waals surface area contributed by atoms with Gasteiger partial charge in [0.1, 0.15) is 0 Å². The lowest BCUT2D eigenvalue weighted by Gasteiger charge is -2.28. The molecule has 0 spiro atoms. The van der Waals surface area contributed by atoms with Crippen LogP contribution in [-0.4, -0.2) is 29.9 Å². The van der Waals surface area contributed by atoms with Crippen LogP contribution in [0.5, 0.6) is 0 Å². The van der Waals surface area contributed by atoms with Crippen LogP contribution in [-0.2, 0) is 17.8 Å². The van der Waals surface area contributed by atoms with E-state index < -0.39 is 6.10 Å². The fourth-order valence-corrected chi connectivity index (χ4v) is 3.26. The Morgan fingerprint density at radius 3 is 2.37 bits per heavy atom. The highest BCUT2D eigenvalue weighted by molar-refractivity contribution is 5.83. The fourth-order valence-electron chi connectivity index (χ4n) is 3.26. The first-order valence-corrected chi connectivity index (χ1v) is 9.54. The maximum absolute atomic E-state index is 10.2. The highest BCUT2D eigenvalue weighted by Crippen LogP contribution is 2.19. The Morgan fingerprint density at radius 2 is 1.59 bits per heavy atom. The molecule has 0 aliphatic rings. The topological polar surface area (TPSA) is 41.5 Å². The van der Waals surface area contributed by atoms with Gasteiger partial charge >= 0.3 is 0 Å². The molecule has 0 bridgehead atoms. The van der Waals surface area contributed by atoms with Crippen LogP contribution in [0.25, 0.3) is 10.8 Å². The van der Waals surface area contributed by atoms with Gasteiger partial charge in [-0.3, -0.25) is 0 Å². The molecule has 0 saturated carbocycles. The van der Waals surface area contributed by atoms with Crippen LogP contribution in [0.3, 0.4) is 0 Å². The standard InChI is InChI=1S/C24H29NO2/c1-24(2,15-20-12-13-21-10-6-7-11-22(21)14-20)25-16-23(26)18-27-17-19-8-4-3-5-9-19/h3-14,23,25-26H,15-18H2,1-2H3. The maximum atomic E-state index is 10.2. The molecule has 1 unspecified atom stereocenters. The number of fused-ring (bicyclic) bond motifs is 1. The zero-order valence-corrected chi connectivity index (χ0v) is 16.2. The molecule has 0 amide bonds. The third-order valence-electron chi connectivity index (χ3n) is 4.70. The van der Waals surface area contributed by atoms with Crippen molar-refractivity contribution < 1.29 is 9.84 Å². The summed E-state index contributed by atoms with van der Waals surface area (Å²) in [5, 5.41) is 16.2. The van der Waals surface area contributed by atoms with Gasteiger partial charge in [-0.2, -0.15) is 0 Å². The lowest BCUT2D eigenvalue weighted by Crippen LogP contribution is -2.45. The Bertz CT molecular complexity index is 845. The number of rotatable bonds is 9. The van der Waals surface area contributed by atoms with Crippen molar-refractivity contribution in [2.45, 2.75) is 38.5 Å². The van der Waals surface area contributed by atoms with Crippen molar-refractivity contribution in [1.29, 1.82) is 0 Å². The summed E-state index contributed by atoms with van der Waals surface area (Å²) in [5.74, 6) is 0. The van der Waals surface area contributed by atoms with E-state index in [1.54, 1.807) is 0 Å². The minimum atomic E-state index is -0.524. The molecule has 3 aromatic carbocycles. The number of ether oxygens (including phenoxy) is 1. The second kappa shape index (κ2) is 9.14. The van der Waals surface area contributed by atoms with Gasteiger partial charge in [-0.1, -0.05) is 72.8 Å². The van der Waals surface area contributed by atoms with Gasteiger partial charge in [-0.05, 0) is 42.2 Å². The summed E-state index contributed by atoms with van der Waals surface area (Å²) in [6.45, 7) is 5.70. The van der Waals surface area contributed by atoms with E-state index in [1.165, 1.54) is 16.3 Å². The lowest BCUT2D eigenvalue weighted by atomic mass is 9.93. The number of benzene rings is 3. The minimum absolute atomic E-state index is 0.108. The summed E-state index contributed by atoms with van der Waals surface area (Å²) in [4.78, 5) is 0. The van der Waals surface area contributed by atoms with Crippen LogP contribution in [0.2, 0.25) is 0 Å². The van der Waals surface area contributed by atoms with Crippen LogP contribution in [0.15, 0.2) is 72.8 Å². The van der Waals surface area contributed by atoms with E-state index in [0.29, 0.717) is 19.8 Å². The molecular formula is C24H29NO2. The first kappa shape index (κ1) is 19.6. The van der Waals surface area contributed by atoms with E-state index in [4.69, 9.17) is 4.74 Å². The molecule has 1 atom stereocenters. The first-order chi connectivity index (χ1) is 13.0. The molecule has 3 rings (SSSR count). The highest BCUT2D eigenvalue weighted by atomic mass is 16.5. The van der Waals surface area contributed by atoms with E-state index in [-0.39, 0.29) is 5.54 Å². The van der Waals surface area contributed by atoms with Crippen molar-refractivity contribution in [2.24, 2.45) is 0 Å². The van der Waals surface area contributed by atoms with Crippen molar-refractivity contribution >= 4 is 10.8 Å². The zero-order chi connectivity index (χ0) is 19.1. The molecule has 2 N–H and O–H groups in total. The molecule has 3 heteroatoms. The SMILES string of the molecule is CC(C)(Cc1ccc2ccccc2c1)NCC(O)COCc1ccccc1. The molecular weight excluding hydrogens is 334 g/mol. The van der Waals surface area contributed by atoms with Gasteiger partial charge < -0.3 is 15.2 Å². The van der Waals surface area contributed by atoms with Crippen molar-refractivity contribution in [2.75, 3.05) is 13.2 Å². The average molecular weight is 364 g/mol. The van der Waals surface area contributed by atoms with Crippen LogP contribution >= 0.6 is 0 Å². The van der Waals surface area contributed by atoms with Crippen LogP contribution in [0.1, 0.15) is 25.0 Å². The van der Waals surface area contributed by atoms with Crippen molar-refractivity contribution in [3.05, 3.63) is 83.9 Å². The summed E-state index contributed by atoms with van der Waals surface area (Å²) in [5.41, 5.74) is 2.30. The minimum Gasteiger partial charge on any atom is -0.389 e. The van der Waals surface area contributed by atoms with Gasteiger partial charge in [0.05, 0.1) is 19.3 Å². The number of aliphatic hydroxyl groups excluding tert-OH is 1. The lowest BCUT2D eigenvalue weighted by molar-refractivity contribution is 0.0257. The molecule has 0 aliphatic carbocycles. The fraction of sp³-hybridized carbons (Fsp3) is 0.333. The van der Waals surface area contributed by atoms with Crippen molar-refractivity contribution in [1.82, 2.24) is 5.32 Å². The first-order valence-electron chi connectivity index (χ1n) is 9.54. The Kier molecular flexibility index (Phi) is 6.62. The molecule has 0 aromatic heterocycles. The third kappa shape index (κ3) is 6.17. The molecule has 27 heavy (non-hydrogen) atoms. The molecule has 0 radical (unpaired) electrons. The summed E-state index contributed by atoms with van der Waals surface area (Å²) < 4.78 is 5.62. The Labute approximate surface area is 162 Å². The van der Waals surface area contributed by atoms with Crippen LogP contribution in [0.4, 0.5) is 0 Å². The average Bonchev–Trinajstić information content (AvgIpc) is 2.67. The zero-order valence-electron chi connectivity index (χ0n) is 16.2. The molecule has 0 fully saturated rings. The summed E-state index contributed by atoms with van der Waals surface area (Å²) in [6, 6.07) is 25.0. The van der Waals surface area contributed by atoms with Crippen LogP contribution < -0.4 is 5.32 Å².